The van der Waals surface area contributed by atoms with E-state index in [4.69, 9.17) is 4.74 Å². The van der Waals surface area contributed by atoms with Gasteiger partial charge in [0.25, 0.3) is 0 Å². The van der Waals surface area contributed by atoms with E-state index in [1.807, 2.05) is 44.2 Å². The van der Waals surface area contributed by atoms with Crippen LogP contribution in [0, 0.1) is 5.92 Å². The topological polar surface area (TPSA) is 58.6 Å². The molecule has 0 saturated carbocycles. The van der Waals surface area contributed by atoms with Crippen molar-refractivity contribution in [3.8, 4) is 0 Å². The van der Waals surface area contributed by atoms with E-state index in [9.17, 15) is 9.59 Å². The Morgan fingerprint density at radius 1 is 1.27 bits per heavy atom. The van der Waals surface area contributed by atoms with Crippen LogP contribution in [0.4, 0.5) is 5.69 Å². The lowest BCUT2D eigenvalue weighted by molar-refractivity contribution is -0.149. The number of hydrogen-bond donors (Lipinski definition) is 1. The fourth-order valence-corrected chi connectivity index (χ4v) is 2.73. The number of para-hydroxylation sites is 1. The molecule has 1 aliphatic rings. The number of carbonyl (C=O) groups excluding carboxylic acids is 2. The number of anilines is 1. The smallest absolute Gasteiger partial charge is 0.323 e. The largest absolute Gasteiger partial charge is 0.465 e. The third-order valence-electron chi connectivity index (χ3n) is 4.12. The summed E-state index contributed by atoms with van der Waals surface area (Å²) < 4.78 is 5.05. The van der Waals surface area contributed by atoms with E-state index in [2.05, 4.69) is 10.2 Å². The van der Waals surface area contributed by atoms with Crippen LogP contribution in [0.2, 0.25) is 0 Å². The van der Waals surface area contributed by atoms with Gasteiger partial charge in [0.15, 0.2) is 0 Å². The molecule has 1 saturated heterocycles. The van der Waals surface area contributed by atoms with E-state index in [1.54, 1.807) is 0 Å². The molecule has 0 aromatic heterocycles. The van der Waals surface area contributed by atoms with Gasteiger partial charge < -0.3 is 10.1 Å². The molecule has 5 heteroatoms. The maximum Gasteiger partial charge on any atom is 0.323 e. The second-order valence-electron chi connectivity index (χ2n) is 5.59. The van der Waals surface area contributed by atoms with Crippen LogP contribution in [0.3, 0.4) is 0 Å². The highest BCUT2D eigenvalue weighted by Gasteiger charge is 2.30. The maximum absolute atomic E-state index is 12.3. The molecule has 1 amide bonds. The summed E-state index contributed by atoms with van der Waals surface area (Å²) in [7, 11) is 0. The zero-order chi connectivity index (χ0) is 15.9. The Hall–Kier alpha value is -1.88. The first-order valence-electron chi connectivity index (χ1n) is 7.88. The first-order valence-corrected chi connectivity index (χ1v) is 7.88. The van der Waals surface area contributed by atoms with Gasteiger partial charge >= 0.3 is 5.97 Å². The molecule has 0 bridgehead atoms. The molecule has 5 nitrogen and oxygen atoms in total. The Labute approximate surface area is 131 Å². The van der Waals surface area contributed by atoms with Gasteiger partial charge in [-0.25, -0.2) is 0 Å². The second-order valence-corrected chi connectivity index (χ2v) is 5.59. The molecule has 1 atom stereocenters. The van der Waals surface area contributed by atoms with E-state index in [0.717, 1.165) is 31.6 Å². The van der Waals surface area contributed by atoms with Crippen LogP contribution in [-0.4, -0.2) is 42.5 Å². The van der Waals surface area contributed by atoms with Crippen LogP contribution in [0.15, 0.2) is 30.3 Å². The number of esters is 1. The molecule has 120 valence electrons. The van der Waals surface area contributed by atoms with E-state index < -0.39 is 0 Å². The normalized spacial score (nSPS) is 17.7. The third-order valence-corrected chi connectivity index (χ3v) is 4.12. The fraction of sp³-hybridized carbons (Fsp3) is 0.529. The second kappa shape index (κ2) is 7.94. The van der Waals surface area contributed by atoms with E-state index in [0.29, 0.717) is 6.61 Å². The number of ether oxygens (including phenoxy) is 1. The van der Waals surface area contributed by atoms with Crippen molar-refractivity contribution in [3.63, 3.8) is 0 Å². The van der Waals surface area contributed by atoms with Crippen molar-refractivity contribution in [2.45, 2.75) is 32.7 Å². The van der Waals surface area contributed by atoms with Gasteiger partial charge in [0.2, 0.25) is 5.91 Å². The van der Waals surface area contributed by atoms with Crippen molar-refractivity contribution < 1.29 is 14.3 Å². The zero-order valence-corrected chi connectivity index (χ0v) is 13.2. The van der Waals surface area contributed by atoms with Gasteiger partial charge in [-0.2, -0.15) is 0 Å². The molecule has 22 heavy (non-hydrogen) atoms. The maximum atomic E-state index is 12.3. The number of amides is 1. The Balaban J connectivity index is 1.81. The van der Waals surface area contributed by atoms with Crippen LogP contribution >= 0.6 is 0 Å². The summed E-state index contributed by atoms with van der Waals surface area (Å²) in [5.41, 5.74) is 0.829. The molecule has 1 heterocycles. The van der Waals surface area contributed by atoms with Crippen LogP contribution in [0.25, 0.3) is 0 Å². The minimum Gasteiger partial charge on any atom is -0.465 e. The summed E-state index contributed by atoms with van der Waals surface area (Å²) in [6.45, 7) is 5.56. The number of benzene rings is 1. The molecule has 0 aliphatic carbocycles. The molecule has 1 aliphatic heterocycles. The summed E-state index contributed by atoms with van der Waals surface area (Å²) in [6.07, 6.45) is 1.53. The highest BCUT2D eigenvalue weighted by Crippen LogP contribution is 2.21. The van der Waals surface area contributed by atoms with Gasteiger partial charge in [-0.3, -0.25) is 14.5 Å². The minimum atomic E-state index is -0.238. The third kappa shape index (κ3) is 4.31. The summed E-state index contributed by atoms with van der Waals surface area (Å²) >= 11 is 0. The van der Waals surface area contributed by atoms with Crippen molar-refractivity contribution >= 4 is 17.6 Å². The molecule has 0 spiro atoms. The lowest BCUT2D eigenvalue weighted by atomic mass is 9.95. The molecular formula is C17H24N2O3. The predicted octanol–water partition coefficient (Wildman–Crippen LogP) is 2.29. The number of rotatable bonds is 5. The quantitative estimate of drug-likeness (QED) is 0.848. The minimum absolute atomic E-state index is 0.00542. The first kappa shape index (κ1) is 16.5. The number of nitrogens with zero attached hydrogens (tertiary/aromatic N) is 1. The van der Waals surface area contributed by atoms with Gasteiger partial charge in [-0.05, 0) is 51.9 Å². The van der Waals surface area contributed by atoms with E-state index in [1.165, 1.54) is 0 Å². The standard InChI is InChI=1S/C17H24N2O3/c1-3-22-17(21)13(2)19-11-9-14(10-12-19)16(20)18-15-7-5-4-6-8-15/h4-8,13-14H,3,9-12H2,1-2H3,(H,18,20)/t13-/m0/s1. The molecule has 2 rings (SSSR count). The number of likely N-dealkylation sites (tertiary alicyclic amines) is 1. The monoisotopic (exact) mass is 304 g/mol. The Morgan fingerprint density at radius 2 is 1.91 bits per heavy atom. The van der Waals surface area contributed by atoms with Gasteiger partial charge in [0.05, 0.1) is 6.61 Å². The van der Waals surface area contributed by atoms with Crippen LogP contribution < -0.4 is 5.32 Å². The van der Waals surface area contributed by atoms with Crippen molar-refractivity contribution in [3.05, 3.63) is 30.3 Å². The zero-order valence-electron chi connectivity index (χ0n) is 13.2. The van der Waals surface area contributed by atoms with Crippen molar-refractivity contribution in [1.29, 1.82) is 0 Å². The van der Waals surface area contributed by atoms with E-state index >= 15 is 0 Å². The lowest BCUT2D eigenvalue weighted by Crippen LogP contribution is -2.46. The summed E-state index contributed by atoms with van der Waals surface area (Å²) in [4.78, 5) is 26.1. The average molecular weight is 304 g/mol. The Bertz CT molecular complexity index is 496. The molecule has 1 aromatic rings. The highest BCUT2D eigenvalue weighted by molar-refractivity contribution is 5.92. The predicted molar refractivity (Wildman–Crippen MR) is 85.5 cm³/mol. The fourth-order valence-electron chi connectivity index (χ4n) is 2.73. The molecule has 1 aromatic carbocycles. The summed E-state index contributed by atoms with van der Waals surface area (Å²) in [5.74, 6) is -0.116. The SMILES string of the molecule is CCOC(=O)[C@H](C)N1CCC(C(=O)Nc2ccccc2)CC1. The van der Waals surface area contributed by atoms with E-state index in [-0.39, 0.29) is 23.8 Å². The first-order chi connectivity index (χ1) is 10.6. The van der Waals surface area contributed by atoms with Gasteiger partial charge in [-0.1, -0.05) is 18.2 Å². The van der Waals surface area contributed by atoms with Crippen LogP contribution in [0.1, 0.15) is 26.7 Å². The summed E-state index contributed by atoms with van der Waals surface area (Å²) in [5, 5.41) is 2.95. The number of piperidine rings is 1. The number of hydrogen-bond acceptors (Lipinski definition) is 4. The summed E-state index contributed by atoms with van der Waals surface area (Å²) in [6, 6.07) is 9.26. The van der Waals surface area contributed by atoms with Crippen LogP contribution in [0.5, 0.6) is 0 Å². The number of carbonyl (C=O) groups is 2. The number of nitrogens with one attached hydrogen (secondary N) is 1. The van der Waals surface area contributed by atoms with Crippen molar-refractivity contribution in [2.24, 2.45) is 5.92 Å². The molecule has 1 N–H and O–H groups in total. The molecule has 0 radical (unpaired) electrons. The van der Waals surface area contributed by atoms with Gasteiger partial charge in [-0.15, -0.1) is 0 Å². The lowest BCUT2D eigenvalue weighted by Gasteiger charge is -2.34. The highest BCUT2D eigenvalue weighted by atomic mass is 16.5. The molecular weight excluding hydrogens is 280 g/mol. The van der Waals surface area contributed by atoms with Gasteiger partial charge in [0.1, 0.15) is 6.04 Å². The van der Waals surface area contributed by atoms with Crippen molar-refractivity contribution in [1.82, 2.24) is 4.90 Å². The average Bonchev–Trinajstić information content (AvgIpc) is 2.55. The van der Waals surface area contributed by atoms with Crippen LogP contribution in [-0.2, 0) is 14.3 Å². The molecule has 0 unspecified atom stereocenters. The Morgan fingerprint density at radius 3 is 2.50 bits per heavy atom. The molecule has 1 fully saturated rings. The Kier molecular flexibility index (Phi) is 5.95. The van der Waals surface area contributed by atoms with Gasteiger partial charge in [0, 0.05) is 11.6 Å². The van der Waals surface area contributed by atoms with Crippen molar-refractivity contribution in [2.75, 3.05) is 25.0 Å².